The van der Waals surface area contributed by atoms with Crippen LogP contribution in [0.15, 0.2) is 42.5 Å². The number of allylic oxidation sites excluding steroid dienone is 1. The summed E-state index contributed by atoms with van der Waals surface area (Å²) in [6, 6.07) is 13.2. The van der Waals surface area contributed by atoms with Gasteiger partial charge in [0.2, 0.25) is 0 Å². The molecule has 3 N–H and O–H groups in total. The van der Waals surface area contributed by atoms with E-state index in [1.165, 1.54) is 12.1 Å². The first-order chi connectivity index (χ1) is 12.9. The van der Waals surface area contributed by atoms with Gasteiger partial charge < -0.3 is 20.3 Å². The minimum Gasteiger partial charge on any atom is -0.490 e. The number of ether oxygens (including phenoxy) is 2. The van der Waals surface area contributed by atoms with Crippen LogP contribution in [0.5, 0.6) is 11.5 Å². The predicted octanol–water partition coefficient (Wildman–Crippen LogP) is 2.71. The van der Waals surface area contributed by atoms with Gasteiger partial charge in [-0.3, -0.25) is 4.79 Å². The summed E-state index contributed by atoms with van der Waals surface area (Å²) in [4.78, 5) is 21.8. The molecule has 7 nitrogen and oxygen atoms in total. The smallest absolute Gasteiger partial charge is 0.335 e. The van der Waals surface area contributed by atoms with Crippen LogP contribution in [0.1, 0.15) is 28.4 Å². The molecule has 0 unspecified atom stereocenters. The molecule has 2 aromatic carbocycles. The Kier molecular flexibility index (Phi) is 6.55. The number of hydrogen-bond donors (Lipinski definition) is 2. The molecule has 0 aliphatic heterocycles. The molecule has 138 valence electrons. The van der Waals surface area contributed by atoms with Crippen molar-refractivity contribution in [2.24, 2.45) is 5.73 Å². The summed E-state index contributed by atoms with van der Waals surface area (Å²) in [5.41, 5.74) is 6.87. The van der Waals surface area contributed by atoms with Crippen LogP contribution in [-0.2, 0) is 4.79 Å². The van der Waals surface area contributed by atoms with Crippen molar-refractivity contribution in [2.75, 3.05) is 13.2 Å². The van der Waals surface area contributed by atoms with Crippen molar-refractivity contribution in [2.45, 2.75) is 6.92 Å². The molecule has 1 amide bonds. The highest BCUT2D eigenvalue weighted by Gasteiger charge is 2.09. The van der Waals surface area contributed by atoms with Gasteiger partial charge in [-0.1, -0.05) is 18.2 Å². The van der Waals surface area contributed by atoms with E-state index < -0.39 is 11.9 Å². The van der Waals surface area contributed by atoms with Gasteiger partial charge in [0.25, 0.3) is 5.91 Å². The molecule has 0 spiro atoms. The van der Waals surface area contributed by atoms with Crippen LogP contribution in [0.4, 0.5) is 0 Å². The molecule has 0 fully saturated rings. The minimum atomic E-state index is -1.03. The van der Waals surface area contributed by atoms with Gasteiger partial charge in [-0.05, 0) is 48.4 Å². The van der Waals surface area contributed by atoms with E-state index in [4.69, 9.17) is 20.3 Å². The van der Waals surface area contributed by atoms with E-state index in [1.54, 1.807) is 36.4 Å². The van der Waals surface area contributed by atoms with E-state index >= 15 is 0 Å². The normalized spacial score (nSPS) is 10.7. The van der Waals surface area contributed by atoms with Crippen LogP contribution >= 0.6 is 0 Å². The second kappa shape index (κ2) is 9.06. The molecule has 2 rings (SSSR count). The number of primary amides is 1. The minimum absolute atomic E-state index is 0.144. The molecule has 0 saturated heterocycles. The molecule has 0 aliphatic carbocycles. The third-order valence-electron chi connectivity index (χ3n) is 3.51. The Bertz CT molecular complexity index is 911. The van der Waals surface area contributed by atoms with E-state index in [9.17, 15) is 14.9 Å². The van der Waals surface area contributed by atoms with Crippen molar-refractivity contribution in [3.8, 4) is 17.6 Å². The van der Waals surface area contributed by atoms with E-state index in [1.807, 2.05) is 6.92 Å². The van der Waals surface area contributed by atoms with Crippen molar-refractivity contribution >= 4 is 23.5 Å². The number of carbonyl (C=O) groups excluding carboxylic acids is 1. The van der Waals surface area contributed by atoms with Crippen LogP contribution in [0.2, 0.25) is 0 Å². The topological polar surface area (TPSA) is 123 Å². The van der Waals surface area contributed by atoms with Gasteiger partial charge in [0.1, 0.15) is 0 Å². The number of carboxylic acids is 1. The molecule has 2 aromatic rings. The first kappa shape index (κ1) is 19.5. The Balaban J connectivity index is 2.34. The molecule has 0 aromatic heterocycles. The van der Waals surface area contributed by atoms with E-state index in [2.05, 4.69) is 6.07 Å². The van der Waals surface area contributed by atoms with E-state index in [-0.39, 0.29) is 12.2 Å². The summed E-state index contributed by atoms with van der Waals surface area (Å²) in [6.45, 7) is 1.93. The lowest BCUT2D eigenvalue weighted by Crippen LogP contribution is -2.20. The van der Waals surface area contributed by atoms with Crippen molar-refractivity contribution < 1.29 is 24.2 Å². The number of aromatic carboxylic acids is 1. The second-order valence-corrected chi connectivity index (χ2v) is 5.45. The number of nitrogens with zero attached hydrogens (tertiary/aromatic N) is 1. The molecule has 27 heavy (non-hydrogen) atoms. The lowest BCUT2D eigenvalue weighted by atomic mass is 10.0. The molecule has 0 saturated carbocycles. The third kappa shape index (κ3) is 5.34. The highest BCUT2D eigenvalue weighted by molar-refractivity contribution is 5.92. The Morgan fingerprint density at radius 1 is 1.11 bits per heavy atom. The third-order valence-corrected chi connectivity index (χ3v) is 3.51. The Morgan fingerprint density at radius 2 is 1.78 bits per heavy atom. The molecule has 0 bridgehead atoms. The quantitative estimate of drug-likeness (QED) is 0.547. The molecular weight excluding hydrogens is 348 g/mol. The van der Waals surface area contributed by atoms with Crippen molar-refractivity contribution in [1.82, 2.24) is 0 Å². The highest BCUT2D eigenvalue weighted by atomic mass is 16.5. The van der Waals surface area contributed by atoms with Gasteiger partial charge in [-0.2, -0.15) is 5.26 Å². The van der Waals surface area contributed by atoms with Gasteiger partial charge in [-0.15, -0.1) is 0 Å². The van der Waals surface area contributed by atoms with Crippen molar-refractivity contribution in [1.29, 1.82) is 5.26 Å². The number of nitriles is 1. The summed E-state index contributed by atoms with van der Waals surface area (Å²) < 4.78 is 10.8. The highest BCUT2D eigenvalue weighted by Crippen LogP contribution is 2.30. The van der Waals surface area contributed by atoms with Crippen LogP contribution in [0, 0.1) is 11.3 Å². The monoisotopic (exact) mass is 366 g/mol. The number of hydrogen-bond acceptors (Lipinski definition) is 5. The van der Waals surface area contributed by atoms with Crippen LogP contribution in [-0.4, -0.2) is 30.2 Å². The zero-order valence-corrected chi connectivity index (χ0v) is 14.6. The fourth-order valence-corrected chi connectivity index (χ4v) is 2.29. The molecule has 0 heterocycles. The molecule has 0 aliphatic rings. The van der Waals surface area contributed by atoms with Crippen LogP contribution in [0.25, 0.3) is 11.6 Å². The lowest BCUT2D eigenvalue weighted by Gasteiger charge is -2.11. The van der Waals surface area contributed by atoms with Gasteiger partial charge in [-0.25, -0.2) is 4.79 Å². The molecule has 0 radical (unpaired) electrons. The number of nitrogens with two attached hydrogens (primary N) is 1. The Morgan fingerprint density at radius 3 is 2.33 bits per heavy atom. The SMILES string of the molecule is CCOc1cc(/C=C(\C#N)c2ccc(C(=O)O)cc2)ccc1OCC(N)=O. The number of benzene rings is 2. The van der Waals surface area contributed by atoms with Gasteiger partial charge >= 0.3 is 5.97 Å². The first-order valence-electron chi connectivity index (χ1n) is 8.08. The van der Waals surface area contributed by atoms with Crippen molar-refractivity contribution in [3.05, 3.63) is 59.2 Å². The molecular formula is C20H18N2O5. The van der Waals surface area contributed by atoms with Crippen LogP contribution in [0.3, 0.4) is 0 Å². The number of rotatable bonds is 8. The number of amides is 1. The van der Waals surface area contributed by atoms with E-state index in [0.29, 0.717) is 34.8 Å². The van der Waals surface area contributed by atoms with Gasteiger partial charge in [0.05, 0.1) is 23.8 Å². The maximum Gasteiger partial charge on any atom is 0.335 e. The average Bonchev–Trinajstić information content (AvgIpc) is 2.65. The number of carbonyl (C=O) groups is 2. The maximum absolute atomic E-state index is 10.9. The lowest BCUT2D eigenvalue weighted by molar-refractivity contribution is -0.119. The number of carboxylic acid groups (broad SMARTS) is 1. The average molecular weight is 366 g/mol. The fourth-order valence-electron chi connectivity index (χ4n) is 2.29. The van der Waals surface area contributed by atoms with Crippen molar-refractivity contribution in [3.63, 3.8) is 0 Å². The largest absolute Gasteiger partial charge is 0.490 e. The van der Waals surface area contributed by atoms with E-state index in [0.717, 1.165) is 0 Å². The standard InChI is InChI=1S/C20H18N2O5/c1-2-26-18-10-13(3-8-17(18)27-12-19(22)23)9-16(11-21)14-4-6-15(7-5-14)20(24)25/h3-10H,2,12H2,1H3,(H2,22,23)(H,24,25)/b16-9+. The maximum atomic E-state index is 10.9. The van der Waals surface area contributed by atoms with Crippen LogP contribution < -0.4 is 15.2 Å². The Hall–Kier alpha value is -3.79. The summed E-state index contributed by atoms with van der Waals surface area (Å²) in [5.74, 6) is -0.835. The predicted molar refractivity (Wildman–Crippen MR) is 99.2 cm³/mol. The molecule has 0 atom stereocenters. The first-order valence-corrected chi connectivity index (χ1v) is 8.08. The Labute approximate surface area is 156 Å². The zero-order valence-electron chi connectivity index (χ0n) is 14.6. The zero-order chi connectivity index (χ0) is 19.8. The second-order valence-electron chi connectivity index (χ2n) is 5.45. The molecule has 7 heteroatoms. The fraction of sp³-hybridized carbons (Fsp3) is 0.150. The van der Waals surface area contributed by atoms with Gasteiger partial charge in [0, 0.05) is 0 Å². The summed E-state index contributed by atoms with van der Waals surface area (Å²) in [7, 11) is 0. The summed E-state index contributed by atoms with van der Waals surface area (Å²) in [6.07, 6.45) is 1.65. The summed E-state index contributed by atoms with van der Waals surface area (Å²) >= 11 is 0. The summed E-state index contributed by atoms with van der Waals surface area (Å²) in [5, 5.41) is 18.4. The van der Waals surface area contributed by atoms with Gasteiger partial charge in [0.15, 0.2) is 18.1 Å².